The lowest BCUT2D eigenvalue weighted by Gasteiger charge is -2.31. The predicted molar refractivity (Wildman–Crippen MR) is 50.1 cm³/mol. The van der Waals surface area contributed by atoms with Gasteiger partial charge in [-0.2, -0.15) is 0 Å². The Labute approximate surface area is 75.0 Å². The summed E-state index contributed by atoms with van der Waals surface area (Å²) >= 11 is 0. The van der Waals surface area contributed by atoms with E-state index in [4.69, 9.17) is 5.11 Å². The molecule has 12 heavy (non-hydrogen) atoms. The van der Waals surface area contributed by atoms with E-state index in [1.807, 2.05) is 27.7 Å². The molecule has 2 heteroatoms. The van der Waals surface area contributed by atoms with Crippen LogP contribution in [-0.2, 0) is 4.79 Å². The molecule has 72 valence electrons. The highest BCUT2D eigenvalue weighted by atomic mass is 16.4. The van der Waals surface area contributed by atoms with Crippen molar-refractivity contribution in [2.24, 2.45) is 11.3 Å². The molecule has 0 aliphatic heterocycles. The van der Waals surface area contributed by atoms with Gasteiger partial charge in [-0.15, -0.1) is 0 Å². The summed E-state index contributed by atoms with van der Waals surface area (Å²) in [5.41, 5.74) is -0.491. The van der Waals surface area contributed by atoms with Gasteiger partial charge >= 0.3 is 5.97 Å². The van der Waals surface area contributed by atoms with E-state index in [1.165, 1.54) is 0 Å². The zero-order valence-corrected chi connectivity index (χ0v) is 8.55. The van der Waals surface area contributed by atoms with E-state index in [0.717, 1.165) is 19.3 Å². The zero-order valence-electron chi connectivity index (χ0n) is 8.55. The topological polar surface area (TPSA) is 37.3 Å². The first-order chi connectivity index (χ1) is 5.51. The van der Waals surface area contributed by atoms with Gasteiger partial charge in [-0.3, -0.25) is 4.79 Å². The van der Waals surface area contributed by atoms with E-state index in [1.54, 1.807) is 0 Å². The maximum Gasteiger partial charge on any atom is 0.309 e. The number of hydrogen-bond acceptors (Lipinski definition) is 1. The van der Waals surface area contributed by atoms with Crippen molar-refractivity contribution in [3.8, 4) is 0 Å². The van der Waals surface area contributed by atoms with Gasteiger partial charge in [-0.1, -0.05) is 34.1 Å². The van der Waals surface area contributed by atoms with Crippen LogP contribution in [0.5, 0.6) is 0 Å². The molecule has 0 saturated carbocycles. The van der Waals surface area contributed by atoms with E-state index >= 15 is 0 Å². The van der Waals surface area contributed by atoms with E-state index in [2.05, 4.69) is 0 Å². The van der Waals surface area contributed by atoms with Crippen molar-refractivity contribution in [2.45, 2.75) is 47.0 Å². The third kappa shape index (κ3) is 1.99. The Kier molecular flexibility index (Phi) is 4.29. The summed E-state index contributed by atoms with van der Waals surface area (Å²) in [6, 6.07) is 0. The van der Waals surface area contributed by atoms with E-state index in [0.29, 0.717) is 0 Å². The highest BCUT2D eigenvalue weighted by Gasteiger charge is 2.38. The predicted octanol–water partition coefficient (Wildman–Crippen LogP) is 2.92. The molecule has 0 fully saturated rings. The van der Waals surface area contributed by atoms with Gasteiger partial charge in [0, 0.05) is 0 Å². The minimum Gasteiger partial charge on any atom is -0.481 e. The van der Waals surface area contributed by atoms with Crippen LogP contribution in [0, 0.1) is 11.3 Å². The summed E-state index contributed by atoms with van der Waals surface area (Å²) in [5.74, 6) is -0.415. The number of carbonyl (C=O) groups is 1. The van der Waals surface area contributed by atoms with Crippen molar-refractivity contribution < 1.29 is 9.90 Å². The molecule has 0 aliphatic carbocycles. The first kappa shape index (κ1) is 11.5. The molecule has 0 bridgehead atoms. The number of rotatable bonds is 5. The zero-order chi connectivity index (χ0) is 9.78. The molecule has 0 aromatic rings. The lowest BCUT2D eigenvalue weighted by atomic mass is 9.72. The van der Waals surface area contributed by atoms with Crippen LogP contribution in [0.25, 0.3) is 0 Å². The Hall–Kier alpha value is -0.530. The molecular formula is C10H20O2. The standard InChI is InChI=1S/C10H20O2/c1-5-7-10(6-2,8(3)4)9(11)12/h8H,5-7H2,1-4H3,(H,11,12). The molecule has 1 unspecified atom stereocenters. The Balaban J connectivity index is 4.63. The van der Waals surface area contributed by atoms with Crippen molar-refractivity contribution in [1.29, 1.82) is 0 Å². The Morgan fingerprint density at radius 3 is 2.00 bits per heavy atom. The smallest absolute Gasteiger partial charge is 0.309 e. The van der Waals surface area contributed by atoms with Crippen LogP contribution in [0.15, 0.2) is 0 Å². The Bertz CT molecular complexity index is 152. The Morgan fingerprint density at radius 2 is 1.92 bits per heavy atom. The monoisotopic (exact) mass is 172 g/mol. The summed E-state index contributed by atoms with van der Waals surface area (Å²) in [6.45, 7) is 7.99. The minimum absolute atomic E-state index is 0.222. The normalized spacial score (nSPS) is 16.1. The second kappa shape index (κ2) is 4.48. The van der Waals surface area contributed by atoms with Gasteiger partial charge < -0.3 is 5.11 Å². The van der Waals surface area contributed by atoms with Crippen molar-refractivity contribution in [1.82, 2.24) is 0 Å². The molecule has 0 aromatic carbocycles. The molecule has 0 spiro atoms. The maximum absolute atomic E-state index is 11.1. The summed E-state index contributed by atoms with van der Waals surface area (Å²) in [4.78, 5) is 11.1. The number of carboxylic acids is 1. The molecule has 0 amide bonds. The quantitative estimate of drug-likeness (QED) is 0.692. The Morgan fingerprint density at radius 1 is 1.42 bits per heavy atom. The molecule has 0 radical (unpaired) electrons. The second-order valence-corrected chi connectivity index (χ2v) is 3.72. The molecule has 1 atom stereocenters. The fourth-order valence-electron chi connectivity index (χ4n) is 1.82. The van der Waals surface area contributed by atoms with Gasteiger partial charge in [0.2, 0.25) is 0 Å². The van der Waals surface area contributed by atoms with E-state index in [9.17, 15) is 4.79 Å². The molecule has 1 N–H and O–H groups in total. The van der Waals surface area contributed by atoms with Crippen LogP contribution >= 0.6 is 0 Å². The van der Waals surface area contributed by atoms with Crippen molar-refractivity contribution in [3.63, 3.8) is 0 Å². The van der Waals surface area contributed by atoms with Crippen LogP contribution in [0.3, 0.4) is 0 Å². The number of hydrogen-bond donors (Lipinski definition) is 1. The average Bonchev–Trinajstić information content (AvgIpc) is 1.98. The van der Waals surface area contributed by atoms with Crippen LogP contribution in [0.4, 0.5) is 0 Å². The largest absolute Gasteiger partial charge is 0.481 e. The van der Waals surface area contributed by atoms with Crippen molar-refractivity contribution >= 4 is 5.97 Å². The second-order valence-electron chi connectivity index (χ2n) is 3.72. The van der Waals surface area contributed by atoms with Crippen LogP contribution in [0.1, 0.15) is 47.0 Å². The highest BCUT2D eigenvalue weighted by Crippen LogP contribution is 2.36. The number of carboxylic acid groups (broad SMARTS) is 1. The SMILES string of the molecule is CCCC(CC)(C(=O)O)C(C)C. The minimum atomic E-state index is -0.637. The van der Waals surface area contributed by atoms with Crippen LogP contribution in [-0.4, -0.2) is 11.1 Å². The summed E-state index contributed by atoms with van der Waals surface area (Å²) in [7, 11) is 0. The fraction of sp³-hybridized carbons (Fsp3) is 0.900. The van der Waals surface area contributed by atoms with Crippen LogP contribution < -0.4 is 0 Å². The first-order valence-electron chi connectivity index (χ1n) is 4.74. The highest BCUT2D eigenvalue weighted by molar-refractivity contribution is 5.74. The molecular weight excluding hydrogens is 152 g/mol. The van der Waals surface area contributed by atoms with Crippen LogP contribution in [0.2, 0.25) is 0 Å². The maximum atomic E-state index is 11.1. The van der Waals surface area contributed by atoms with E-state index < -0.39 is 11.4 Å². The summed E-state index contributed by atoms with van der Waals surface area (Å²) in [5, 5.41) is 9.13. The lowest BCUT2D eigenvalue weighted by molar-refractivity contribution is -0.152. The third-order valence-corrected chi connectivity index (χ3v) is 2.86. The summed E-state index contributed by atoms with van der Waals surface area (Å²) < 4.78 is 0. The fourth-order valence-corrected chi connectivity index (χ4v) is 1.82. The van der Waals surface area contributed by atoms with Gasteiger partial charge in [-0.05, 0) is 18.8 Å². The van der Waals surface area contributed by atoms with Crippen molar-refractivity contribution in [2.75, 3.05) is 0 Å². The summed E-state index contributed by atoms with van der Waals surface area (Å²) in [6.07, 6.45) is 2.46. The number of aliphatic carboxylic acids is 1. The first-order valence-corrected chi connectivity index (χ1v) is 4.74. The lowest BCUT2D eigenvalue weighted by Crippen LogP contribution is -2.35. The van der Waals surface area contributed by atoms with Gasteiger partial charge in [-0.25, -0.2) is 0 Å². The van der Waals surface area contributed by atoms with Gasteiger partial charge in [0.1, 0.15) is 0 Å². The average molecular weight is 172 g/mol. The molecule has 0 aliphatic rings. The molecule has 0 saturated heterocycles. The van der Waals surface area contributed by atoms with Crippen molar-refractivity contribution in [3.05, 3.63) is 0 Å². The van der Waals surface area contributed by atoms with Gasteiger partial charge in [0.25, 0.3) is 0 Å². The third-order valence-electron chi connectivity index (χ3n) is 2.86. The van der Waals surface area contributed by atoms with Gasteiger partial charge in [0.15, 0.2) is 0 Å². The molecule has 0 aromatic heterocycles. The molecule has 0 rings (SSSR count). The van der Waals surface area contributed by atoms with Gasteiger partial charge in [0.05, 0.1) is 5.41 Å². The molecule has 2 nitrogen and oxygen atoms in total. The molecule has 0 heterocycles. The van der Waals surface area contributed by atoms with E-state index in [-0.39, 0.29) is 5.92 Å².